The molecule has 0 saturated carbocycles. The highest BCUT2D eigenvalue weighted by molar-refractivity contribution is 6.01. The molecule has 5 heteroatoms. The van der Waals surface area contributed by atoms with Gasteiger partial charge in [0, 0.05) is 23.7 Å². The van der Waals surface area contributed by atoms with Crippen LogP contribution in [0.4, 0.5) is 0 Å². The lowest BCUT2D eigenvalue weighted by molar-refractivity contribution is 0.0938. The van der Waals surface area contributed by atoms with Crippen LogP contribution < -0.4 is 10.9 Å². The predicted molar refractivity (Wildman–Crippen MR) is 96.1 cm³/mol. The number of nitrogens with one attached hydrogen (secondary N) is 2. The Kier molecular flexibility index (Phi) is 4.83. The van der Waals surface area contributed by atoms with Gasteiger partial charge in [-0.25, -0.2) is 0 Å². The lowest BCUT2D eigenvalue weighted by atomic mass is 9.93. The smallest absolute Gasteiger partial charge is 0.261 e. The van der Waals surface area contributed by atoms with Gasteiger partial charge in [0.1, 0.15) is 5.56 Å². The second kappa shape index (κ2) is 7.05. The summed E-state index contributed by atoms with van der Waals surface area (Å²) >= 11 is 0. The van der Waals surface area contributed by atoms with E-state index in [0.29, 0.717) is 30.5 Å². The summed E-state index contributed by atoms with van der Waals surface area (Å²) in [6.45, 7) is 3.94. The van der Waals surface area contributed by atoms with Gasteiger partial charge in [0.2, 0.25) is 0 Å². The van der Waals surface area contributed by atoms with E-state index in [4.69, 9.17) is 0 Å². The second-order valence-electron chi connectivity index (χ2n) is 6.69. The highest BCUT2D eigenvalue weighted by Crippen LogP contribution is 2.19. The van der Waals surface area contributed by atoms with Crippen molar-refractivity contribution < 1.29 is 9.59 Å². The molecule has 25 heavy (non-hydrogen) atoms. The van der Waals surface area contributed by atoms with Crippen LogP contribution in [0.1, 0.15) is 57.3 Å². The van der Waals surface area contributed by atoms with E-state index in [1.165, 1.54) is 11.6 Å². The number of aryl methyl sites for hydroxylation is 2. The Morgan fingerprint density at radius 2 is 2.00 bits per heavy atom. The van der Waals surface area contributed by atoms with Crippen LogP contribution >= 0.6 is 0 Å². The average molecular weight is 338 g/mol. The number of carbonyl (C=O) groups excluding carboxylic acids is 2. The van der Waals surface area contributed by atoms with Gasteiger partial charge in [-0.1, -0.05) is 24.3 Å². The Morgan fingerprint density at radius 1 is 1.24 bits per heavy atom. The number of fused-ring (bicyclic) bond motifs is 1. The fraction of sp³-hybridized carbons (Fsp3) is 0.350. The van der Waals surface area contributed by atoms with Gasteiger partial charge in [-0.3, -0.25) is 14.4 Å². The number of ketones is 1. The molecule has 0 bridgehead atoms. The van der Waals surface area contributed by atoms with Crippen molar-refractivity contribution in [2.45, 2.75) is 45.6 Å². The van der Waals surface area contributed by atoms with Crippen molar-refractivity contribution in [3.05, 3.63) is 68.6 Å². The molecule has 1 aliphatic carbocycles. The molecule has 0 fully saturated rings. The summed E-state index contributed by atoms with van der Waals surface area (Å²) in [5, 5.41) is 2.86. The molecule has 1 heterocycles. The molecule has 1 unspecified atom stereocenters. The zero-order valence-electron chi connectivity index (χ0n) is 14.5. The third-order valence-corrected chi connectivity index (χ3v) is 4.66. The van der Waals surface area contributed by atoms with E-state index < -0.39 is 11.5 Å². The van der Waals surface area contributed by atoms with E-state index in [9.17, 15) is 14.4 Å². The van der Waals surface area contributed by atoms with Gasteiger partial charge in [0.15, 0.2) is 5.78 Å². The van der Waals surface area contributed by atoms with E-state index in [-0.39, 0.29) is 17.4 Å². The molecular formula is C20H22N2O3. The summed E-state index contributed by atoms with van der Waals surface area (Å²) < 4.78 is 0. The highest BCUT2D eigenvalue weighted by atomic mass is 16.2. The summed E-state index contributed by atoms with van der Waals surface area (Å²) in [6, 6.07) is 9.33. The van der Waals surface area contributed by atoms with Crippen molar-refractivity contribution in [3.8, 4) is 0 Å². The maximum atomic E-state index is 12.5. The average Bonchev–Trinajstić information content (AvgIpc) is 2.56. The molecule has 0 radical (unpaired) electrons. The Morgan fingerprint density at radius 3 is 2.76 bits per heavy atom. The number of carbonyl (C=O) groups is 2. The van der Waals surface area contributed by atoms with Crippen LogP contribution in [0.2, 0.25) is 0 Å². The van der Waals surface area contributed by atoms with Crippen LogP contribution in [-0.4, -0.2) is 22.7 Å². The third kappa shape index (κ3) is 3.71. The minimum absolute atomic E-state index is 0.00522. The van der Waals surface area contributed by atoms with Gasteiger partial charge in [-0.05, 0) is 50.3 Å². The number of hydrogen-bond donors (Lipinski definition) is 2. The van der Waals surface area contributed by atoms with Crippen molar-refractivity contribution in [1.82, 2.24) is 10.3 Å². The number of pyridine rings is 1. The molecule has 5 nitrogen and oxygen atoms in total. The van der Waals surface area contributed by atoms with Gasteiger partial charge in [0.25, 0.3) is 11.5 Å². The Hall–Kier alpha value is -2.69. The minimum atomic E-state index is -0.441. The maximum Gasteiger partial charge on any atom is 0.261 e. The van der Waals surface area contributed by atoms with E-state index in [1.54, 1.807) is 0 Å². The first-order chi connectivity index (χ1) is 12.0. The number of aromatic amines is 1. The SMILES string of the molecule is Cc1ccccc1CC(C)NC(=O)c1cc2c([nH]c1=O)CCCC2=O. The molecule has 1 amide bonds. The molecule has 130 valence electrons. The summed E-state index contributed by atoms with van der Waals surface area (Å²) in [6.07, 6.45) is 2.55. The minimum Gasteiger partial charge on any atom is -0.349 e. The lowest BCUT2D eigenvalue weighted by Crippen LogP contribution is -2.38. The zero-order chi connectivity index (χ0) is 18.0. The zero-order valence-corrected chi connectivity index (χ0v) is 14.5. The number of hydrogen-bond acceptors (Lipinski definition) is 3. The number of aromatic nitrogens is 1. The molecular weight excluding hydrogens is 316 g/mol. The Labute approximate surface area is 146 Å². The van der Waals surface area contributed by atoms with E-state index in [1.807, 2.05) is 38.1 Å². The third-order valence-electron chi connectivity index (χ3n) is 4.66. The van der Waals surface area contributed by atoms with Crippen molar-refractivity contribution in [1.29, 1.82) is 0 Å². The number of rotatable bonds is 4. The fourth-order valence-electron chi connectivity index (χ4n) is 3.27. The van der Waals surface area contributed by atoms with E-state index >= 15 is 0 Å². The molecule has 1 atom stereocenters. The fourth-order valence-corrected chi connectivity index (χ4v) is 3.27. The largest absolute Gasteiger partial charge is 0.349 e. The molecule has 1 aromatic carbocycles. The number of amides is 1. The Bertz CT molecular complexity index is 883. The Balaban J connectivity index is 1.77. The number of benzene rings is 1. The maximum absolute atomic E-state index is 12.5. The van der Waals surface area contributed by atoms with Crippen LogP contribution in [-0.2, 0) is 12.8 Å². The molecule has 1 aliphatic rings. The topological polar surface area (TPSA) is 79.0 Å². The van der Waals surface area contributed by atoms with Crippen LogP contribution in [0, 0.1) is 6.92 Å². The summed E-state index contributed by atoms with van der Waals surface area (Å²) in [4.78, 5) is 39.4. The summed E-state index contributed by atoms with van der Waals surface area (Å²) in [7, 11) is 0. The van der Waals surface area contributed by atoms with Gasteiger partial charge >= 0.3 is 0 Å². The van der Waals surface area contributed by atoms with Gasteiger partial charge in [0.05, 0.1) is 0 Å². The van der Waals surface area contributed by atoms with Crippen molar-refractivity contribution in [3.63, 3.8) is 0 Å². The second-order valence-corrected chi connectivity index (χ2v) is 6.69. The van der Waals surface area contributed by atoms with Crippen molar-refractivity contribution >= 4 is 11.7 Å². The standard InChI is InChI=1S/C20H22N2O3/c1-12-6-3-4-7-14(12)10-13(2)21-19(24)16-11-15-17(22-20(16)25)8-5-9-18(15)23/h3-4,6-7,11,13H,5,8-10H2,1-2H3,(H,21,24)(H,22,25). The first-order valence-electron chi connectivity index (χ1n) is 8.60. The molecule has 2 aromatic rings. The van der Waals surface area contributed by atoms with Crippen molar-refractivity contribution in [2.75, 3.05) is 0 Å². The van der Waals surface area contributed by atoms with Crippen LogP contribution in [0.3, 0.4) is 0 Å². The van der Waals surface area contributed by atoms with E-state index in [2.05, 4.69) is 10.3 Å². The number of Topliss-reactive ketones (excluding diaryl/α,β-unsaturated/α-hetero) is 1. The first-order valence-corrected chi connectivity index (χ1v) is 8.60. The quantitative estimate of drug-likeness (QED) is 0.899. The van der Waals surface area contributed by atoms with E-state index in [0.717, 1.165) is 12.0 Å². The molecule has 2 N–H and O–H groups in total. The number of H-pyrrole nitrogens is 1. The van der Waals surface area contributed by atoms with Crippen LogP contribution in [0.5, 0.6) is 0 Å². The van der Waals surface area contributed by atoms with Crippen LogP contribution in [0.15, 0.2) is 35.1 Å². The highest BCUT2D eigenvalue weighted by Gasteiger charge is 2.22. The summed E-state index contributed by atoms with van der Waals surface area (Å²) in [5.41, 5.74) is 3.01. The van der Waals surface area contributed by atoms with Crippen molar-refractivity contribution in [2.24, 2.45) is 0 Å². The lowest BCUT2D eigenvalue weighted by Gasteiger charge is -2.17. The predicted octanol–water partition coefficient (Wildman–Crippen LogP) is 2.56. The first kappa shape index (κ1) is 17.1. The van der Waals surface area contributed by atoms with Gasteiger partial charge in [-0.15, -0.1) is 0 Å². The monoisotopic (exact) mass is 338 g/mol. The molecule has 0 saturated heterocycles. The molecule has 1 aromatic heterocycles. The molecule has 3 rings (SSSR count). The van der Waals surface area contributed by atoms with Gasteiger partial charge in [-0.2, -0.15) is 0 Å². The molecule has 0 spiro atoms. The van der Waals surface area contributed by atoms with Gasteiger partial charge < -0.3 is 10.3 Å². The van der Waals surface area contributed by atoms with Crippen LogP contribution in [0.25, 0.3) is 0 Å². The normalized spacial score (nSPS) is 14.7. The summed E-state index contributed by atoms with van der Waals surface area (Å²) in [5.74, 6) is -0.456. The molecule has 0 aliphatic heterocycles.